The van der Waals surface area contributed by atoms with Gasteiger partial charge in [-0.1, -0.05) is 17.7 Å². The summed E-state index contributed by atoms with van der Waals surface area (Å²) in [7, 11) is 0. The number of carbonyl (C=O) groups is 4. The summed E-state index contributed by atoms with van der Waals surface area (Å²) in [5.41, 5.74) is 7.32. The Morgan fingerprint density at radius 3 is 2.38 bits per heavy atom. The van der Waals surface area contributed by atoms with Gasteiger partial charge in [-0.05, 0) is 44.6 Å². The lowest BCUT2D eigenvalue weighted by Gasteiger charge is -2.11. The van der Waals surface area contributed by atoms with Crippen molar-refractivity contribution in [3.05, 3.63) is 41.5 Å². The zero-order valence-electron chi connectivity index (χ0n) is 16.5. The third-order valence-electron chi connectivity index (χ3n) is 3.44. The van der Waals surface area contributed by atoms with E-state index in [1.54, 1.807) is 6.92 Å². The lowest BCUT2D eigenvalue weighted by molar-refractivity contribution is -0.137. The van der Waals surface area contributed by atoms with Gasteiger partial charge in [-0.3, -0.25) is 30.6 Å². The number of hydrogen-bond donors (Lipinski definition) is 4. The lowest BCUT2D eigenvalue weighted by Crippen LogP contribution is -2.48. The summed E-state index contributed by atoms with van der Waals surface area (Å²) in [6.45, 7) is 5.68. The molecule has 0 atom stereocenters. The van der Waals surface area contributed by atoms with Crippen molar-refractivity contribution in [2.24, 2.45) is 0 Å². The Labute approximate surface area is 174 Å². The summed E-state index contributed by atoms with van der Waals surface area (Å²) in [5.74, 6) is -2.11. The Hall–Kier alpha value is -3.27. The molecule has 1 rings (SSSR count). The van der Waals surface area contributed by atoms with Crippen LogP contribution in [-0.4, -0.2) is 35.4 Å². The van der Waals surface area contributed by atoms with E-state index >= 15 is 0 Å². The molecule has 0 spiro atoms. The molecule has 0 aliphatic heterocycles. The zero-order valence-corrected chi connectivity index (χ0v) is 17.3. The maximum absolute atomic E-state index is 12.0. The van der Waals surface area contributed by atoms with Gasteiger partial charge in [0.15, 0.2) is 5.11 Å². The number of esters is 1. The minimum absolute atomic E-state index is 0.0256. The van der Waals surface area contributed by atoms with Crippen LogP contribution in [0.15, 0.2) is 30.4 Å². The molecule has 1 aromatic rings. The predicted molar refractivity (Wildman–Crippen MR) is 112 cm³/mol. The van der Waals surface area contributed by atoms with Crippen LogP contribution in [0.2, 0.25) is 0 Å². The van der Waals surface area contributed by atoms with Gasteiger partial charge in [0.2, 0.25) is 17.7 Å². The van der Waals surface area contributed by atoms with Gasteiger partial charge in [0.05, 0.1) is 6.61 Å². The fourth-order valence-electron chi connectivity index (χ4n) is 2.10. The van der Waals surface area contributed by atoms with Crippen LogP contribution < -0.4 is 21.5 Å². The molecule has 10 heteroatoms. The molecule has 4 N–H and O–H groups in total. The first kappa shape index (κ1) is 23.8. The average molecular weight is 420 g/mol. The van der Waals surface area contributed by atoms with Crippen molar-refractivity contribution in [2.45, 2.75) is 33.6 Å². The average Bonchev–Trinajstić information content (AvgIpc) is 2.65. The van der Waals surface area contributed by atoms with Crippen LogP contribution in [0.5, 0.6) is 0 Å². The number of nitrogens with one attached hydrogen (secondary N) is 4. The van der Waals surface area contributed by atoms with Gasteiger partial charge in [0.25, 0.3) is 0 Å². The van der Waals surface area contributed by atoms with Crippen LogP contribution in [0.1, 0.15) is 30.9 Å². The Bertz CT molecular complexity index is 823. The number of carbonyl (C=O) groups excluding carboxylic acids is 4. The molecule has 0 unspecified atom stereocenters. The molecule has 0 aliphatic carbocycles. The molecule has 0 radical (unpaired) electrons. The van der Waals surface area contributed by atoms with Gasteiger partial charge in [-0.2, -0.15) is 0 Å². The van der Waals surface area contributed by atoms with Crippen LogP contribution in [0, 0.1) is 13.8 Å². The number of benzene rings is 1. The number of hydrogen-bond acceptors (Lipinski definition) is 6. The van der Waals surface area contributed by atoms with Crippen LogP contribution in [-0.2, 0) is 23.9 Å². The van der Waals surface area contributed by atoms with Crippen molar-refractivity contribution < 1.29 is 23.9 Å². The summed E-state index contributed by atoms with van der Waals surface area (Å²) in [4.78, 5) is 46.4. The third-order valence-corrected chi connectivity index (χ3v) is 3.65. The predicted octanol–water partition coefficient (Wildman–Crippen LogP) is 1.16. The second kappa shape index (κ2) is 12.2. The summed E-state index contributed by atoms with van der Waals surface area (Å²) >= 11 is 4.84. The first-order valence-electron chi connectivity index (χ1n) is 8.83. The van der Waals surface area contributed by atoms with E-state index in [0.29, 0.717) is 5.69 Å². The first-order valence-corrected chi connectivity index (χ1v) is 9.23. The number of hydrazine groups is 1. The molecule has 1 aromatic carbocycles. The minimum atomic E-state index is -0.669. The number of thiocarbonyl (C=S) groups is 1. The largest absolute Gasteiger partial charge is 0.463 e. The highest BCUT2D eigenvalue weighted by atomic mass is 32.1. The number of rotatable bonds is 7. The van der Waals surface area contributed by atoms with Gasteiger partial charge in [0.1, 0.15) is 0 Å². The summed E-state index contributed by atoms with van der Waals surface area (Å²) in [5, 5.41) is 4.81. The number of ether oxygens (including phenoxy) is 1. The van der Waals surface area contributed by atoms with E-state index in [2.05, 4.69) is 26.2 Å². The minimum Gasteiger partial charge on any atom is -0.463 e. The SMILES string of the molecule is CCOC(=O)/C=C/C(=O)NC(=S)NNC(=O)CCC(=O)Nc1ccc(C)cc1C. The molecule has 0 saturated carbocycles. The number of aryl methyl sites for hydroxylation is 2. The van der Waals surface area contributed by atoms with Crippen molar-refractivity contribution in [1.29, 1.82) is 0 Å². The molecular weight excluding hydrogens is 396 g/mol. The molecule has 29 heavy (non-hydrogen) atoms. The Balaban J connectivity index is 2.30. The van der Waals surface area contributed by atoms with Crippen LogP contribution in [0.25, 0.3) is 0 Å². The lowest BCUT2D eigenvalue weighted by atomic mass is 10.1. The molecule has 0 saturated heterocycles. The van der Waals surface area contributed by atoms with Crippen molar-refractivity contribution in [3.8, 4) is 0 Å². The maximum Gasteiger partial charge on any atom is 0.330 e. The fourth-order valence-corrected chi connectivity index (χ4v) is 2.25. The fraction of sp³-hybridized carbons (Fsp3) is 0.316. The van der Waals surface area contributed by atoms with Crippen molar-refractivity contribution >= 4 is 46.7 Å². The van der Waals surface area contributed by atoms with E-state index in [4.69, 9.17) is 12.2 Å². The van der Waals surface area contributed by atoms with Crippen LogP contribution >= 0.6 is 12.2 Å². The molecule has 3 amide bonds. The summed E-state index contributed by atoms with van der Waals surface area (Å²) in [6, 6.07) is 5.64. The van der Waals surface area contributed by atoms with Gasteiger partial charge in [-0.15, -0.1) is 0 Å². The first-order chi connectivity index (χ1) is 13.7. The molecule has 0 heterocycles. The summed E-state index contributed by atoms with van der Waals surface area (Å²) < 4.78 is 4.63. The van der Waals surface area contributed by atoms with E-state index in [1.165, 1.54) is 0 Å². The molecule has 9 nitrogen and oxygen atoms in total. The normalized spacial score (nSPS) is 10.2. The Morgan fingerprint density at radius 1 is 1.03 bits per heavy atom. The van der Waals surface area contributed by atoms with E-state index in [-0.39, 0.29) is 30.5 Å². The monoisotopic (exact) mass is 420 g/mol. The second-order valence-electron chi connectivity index (χ2n) is 5.94. The van der Waals surface area contributed by atoms with Gasteiger partial charge in [0, 0.05) is 30.7 Å². The number of amides is 3. The second-order valence-corrected chi connectivity index (χ2v) is 6.35. The van der Waals surface area contributed by atoms with E-state index in [9.17, 15) is 19.2 Å². The van der Waals surface area contributed by atoms with Crippen LogP contribution in [0.3, 0.4) is 0 Å². The van der Waals surface area contributed by atoms with Crippen LogP contribution in [0.4, 0.5) is 5.69 Å². The van der Waals surface area contributed by atoms with Gasteiger partial charge in [-0.25, -0.2) is 4.79 Å². The highest BCUT2D eigenvalue weighted by molar-refractivity contribution is 7.80. The highest BCUT2D eigenvalue weighted by Gasteiger charge is 2.09. The summed E-state index contributed by atoms with van der Waals surface area (Å²) in [6.07, 6.45) is 1.80. The van der Waals surface area contributed by atoms with Gasteiger partial charge >= 0.3 is 5.97 Å². The quantitative estimate of drug-likeness (QED) is 0.226. The molecule has 0 aliphatic rings. The third kappa shape index (κ3) is 10.0. The molecule has 0 fully saturated rings. The smallest absolute Gasteiger partial charge is 0.330 e. The maximum atomic E-state index is 12.0. The Kier molecular flexibility index (Phi) is 10.0. The van der Waals surface area contributed by atoms with Crippen molar-refractivity contribution in [2.75, 3.05) is 11.9 Å². The van der Waals surface area contributed by atoms with Crippen molar-refractivity contribution in [3.63, 3.8) is 0 Å². The molecular formula is C19H24N4O5S. The van der Waals surface area contributed by atoms with E-state index < -0.39 is 17.8 Å². The van der Waals surface area contributed by atoms with E-state index in [1.807, 2.05) is 32.0 Å². The standard InChI is InChI=1S/C19H24N4O5S/c1-4-28-18(27)10-9-16(25)21-19(29)23-22-17(26)8-7-15(24)20-14-6-5-12(2)11-13(14)3/h5-6,9-11H,4,7-8H2,1-3H3,(H,20,24)(H,22,26)(H2,21,23,25,29)/b10-9+. The zero-order chi connectivity index (χ0) is 21.8. The van der Waals surface area contributed by atoms with E-state index in [0.717, 1.165) is 23.3 Å². The molecule has 0 aromatic heterocycles. The number of anilines is 1. The highest BCUT2D eigenvalue weighted by Crippen LogP contribution is 2.16. The molecule has 156 valence electrons. The Morgan fingerprint density at radius 2 is 1.72 bits per heavy atom. The van der Waals surface area contributed by atoms with Gasteiger partial charge < -0.3 is 10.1 Å². The van der Waals surface area contributed by atoms with Crippen molar-refractivity contribution in [1.82, 2.24) is 16.2 Å². The molecule has 0 bridgehead atoms. The topological polar surface area (TPSA) is 126 Å².